The maximum absolute atomic E-state index is 11.2. The first-order valence-electron chi connectivity index (χ1n) is 4.91. The molecule has 0 fully saturated rings. The van der Waals surface area contributed by atoms with Gasteiger partial charge in [0.05, 0.1) is 12.7 Å². The largest absolute Gasteiger partial charge is 0.496 e. The normalized spacial score (nSPS) is 11.2. The average molecular weight is 256 g/mol. The van der Waals surface area contributed by atoms with E-state index >= 15 is 0 Å². The summed E-state index contributed by atoms with van der Waals surface area (Å²) in [5.74, 6) is -0.577. The molecule has 1 aromatic carbocycles. The molecule has 0 atom stereocenters. The first kappa shape index (κ1) is 13.4. The van der Waals surface area contributed by atoms with Crippen LogP contribution in [-0.2, 0) is 4.79 Å². The molecular weight excluding hydrogens is 242 g/mol. The van der Waals surface area contributed by atoms with Gasteiger partial charge >= 0.3 is 5.97 Å². The van der Waals surface area contributed by atoms with Gasteiger partial charge in [-0.25, -0.2) is 4.79 Å². The lowest BCUT2D eigenvalue weighted by atomic mass is 10.1. The lowest BCUT2D eigenvalue weighted by Gasteiger charge is -2.12. The summed E-state index contributed by atoms with van der Waals surface area (Å²) in [4.78, 5) is 12.9. The second-order valence-corrected chi connectivity index (χ2v) is 4.09. The Morgan fingerprint density at radius 3 is 2.59 bits per heavy atom. The Morgan fingerprint density at radius 1 is 1.47 bits per heavy atom. The van der Waals surface area contributed by atoms with Crippen molar-refractivity contribution in [3.05, 3.63) is 35.0 Å². The fraction of sp³-hybridized carbons (Fsp3) is 0.250. The van der Waals surface area contributed by atoms with Gasteiger partial charge in [0.25, 0.3) is 0 Å². The van der Waals surface area contributed by atoms with Crippen LogP contribution in [-0.4, -0.2) is 37.2 Å². The molecule has 0 aromatic heterocycles. The SMILES string of the molecule is COc1cc(Cl)ccc1/C(=C/N(C)C)C(=O)O. The fourth-order valence-electron chi connectivity index (χ4n) is 1.39. The zero-order valence-electron chi connectivity index (χ0n) is 9.90. The lowest BCUT2D eigenvalue weighted by molar-refractivity contribution is -0.130. The van der Waals surface area contributed by atoms with Crippen LogP contribution in [0.15, 0.2) is 24.4 Å². The molecule has 0 aliphatic carbocycles. The van der Waals surface area contributed by atoms with Crippen LogP contribution >= 0.6 is 11.6 Å². The first-order valence-corrected chi connectivity index (χ1v) is 5.29. The van der Waals surface area contributed by atoms with E-state index in [0.29, 0.717) is 16.3 Å². The Balaban J connectivity index is 3.33. The standard InChI is InChI=1S/C12H14ClNO3/c1-14(2)7-10(12(15)16)9-5-4-8(13)6-11(9)17-3/h4-7H,1-3H3,(H,15,16)/b10-7-. The van der Waals surface area contributed by atoms with E-state index in [-0.39, 0.29) is 5.57 Å². The second-order valence-electron chi connectivity index (χ2n) is 3.66. The molecule has 0 aliphatic rings. The van der Waals surface area contributed by atoms with Gasteiger partial charge in [0.15, 0.2) is 0 Å². The number of rotatable bonds is 4. The molecule has 0 spiro atoms. The molecule has 0 saturated heterocycles. The number of nitrogens with zero attached hydrogens (tertiary/aromatic N) is 1. The molecule has 0 aliphatic heterocycles. The van der Waals surface area contributed by atoms with Crippen LogP contribution in [0.3, 0.4) is 0 Å². The molecule has 4 nitrogen and oxygen atoms in total. The Bertz CT molecular complexity index is 455. The monoisotopic (exact) mass is 255 g/mol. The van der Waals surface area contributed by atoms with E-state index in [0.717, 1.165) is 0 Å². The summed E-state index contributed by atoms with van der Waals surface area (Å²) in [6, 6.07) is 4.85. The number of aliphatic carboxylic acids is 1. The number of hydrogen-bond donors (Lipinski definition) is 1. The van der Waals surface area contributed by atoms with Crippen molar-refractivity contribution < 1.29 is 14.6 Å². The van der Waals surface area contributed by atoms with Crippen molar-refractivity contribution >= 4 is 23.1 Å². The predicted molar refractivity (Wildman–Crippen MR) is 67.3 cm³/mol. The highest BCUT2D eigenvalue weighted by Gasteiger charge is 2.16. The van der Waals surface area contributed by atoms with Gasteiger partial charge in [-0.1, -0.05) is 11.6 Å². The van der Waals surface area contributed by atoms with Crippen molar-refractivity contribution in [1.29, 1.82) is 0 Å². The minimum Gasteiger partial charge on any atom is -0.496 e. The third-order valence-corrected chi connectivity index (χ3v) is 2.31. The summed E-state index contributed by atoms with van der Waals surface area (Å²) >= 11 is 5.83. The van der Waals surface area contributed by atoms with Gasteiger partial charge < -0.3 is 14.7 Å². The van der Waals surface area contributed by atoms with Crippen molar-refractivity contribution in [2.75, 3.05) is 21.2 Å². The maximum Gasteiger partial charge on any atom is 0.337 e. The van der Waals surface area contributed by atoms with Gasteiger partial charge in [0.1, 0.15) is 5.75 Å². The molecule has 0 bridgehead atoms. The number of carboxylic acids is 1. The molecule has 1 aromatic rings. The van der Waals surface area contributed by atoms with E-state index in [9.17, 15) is 9.90 Å². The quantitative estimate of drug-likeness (QED) is 0.839. The van der Waals surface area contributed by atoms with Crippen molar-refractivity contribution in [2.24, 2.45) is 0 Å². The Kier molecular flexibility index (Phi) is 4.40. The minimum atomic E-state index is -1.01. The van der Waals surface area contributed by atoms with E-state index in [1.165, 1.54) is 13.3 Å². The smallest absolute Gasteiger partial charge is 0.337 e. The molecule has 17 heavy (non-hydrogen) atoms. The Labute approximate surface area is 105 Å². The first-order chi connectivity index (χ1) is 7.95. The molecule has 0 radical (unpaired) electrons. The van der Waals surface area contributed by atoms with Gasteiger partial charge in [-0.15, -0.1) is 0 Å². The predicted octanol–water partition coefficient (Wildman–Crippen LogP) is 2.34. The van der Waals surface area contributed by atoms with Gasteiger partial charge in [0.2, 0.25) is 0 Å². The second kappa shape index (κ2) is 5.59. The van der Waals surface area contributed by atoms with Crippen molar-refractivity contribution in [3.63, 3.8) is 0 Å². The molecule has 1 N–H and O–H groups in total. The highest BCUT2D eigenvalue weighted by atomic mass is 35.5. The van der Waals surface area contributed by atoms with Crippen LogP contribution < -0.4 is 4.74 Å². The van der Waals surface area contributed by atoms with Gasteiger partial charge in [-0.2, -0.15) is 0 Å². The van der Waals surface area contributed by atoms with Crippen LogP contribution in [0.4, 0.5) is 0 Å². The number of carboxylic acid groups (broad SMARTS) is 1. The molecule has 0 saturated carbocycles. The highest BCUT2D eigenvalue weighted by Crippen LogP contribution is 2.29. The summed E-state index contributed by atoms with van der Waals surface area (Å²) < 4.78 is 5.13. The van der Waals surface area contributed by atoms with Crippen LogP contribution in [0, 0.1) is 0 Å². The van der Waals surface area contributed by atoms with Gasteiger partial charge in [-0.3, -0.25) is 0 Å². The van der Waals surface area contributed by atoms with E-state index < -0.39 is 5.97 Å². The van der Waals surface area contributed by atoms with Crippen molar-refractivity contribution in [3.8, 4) is 5.75 Å². The van der Waals surface area contributed by atoms with Crippen LogP contribution in [0.1, 0.15) is 5.56 Å². The summed E-state index contributed by atoms with van der Waals surface area (Å²) in [7, 11) is 4.99. The third-order valence-electron chi connectivity index (χ3n) is 2.07. The van der Waals surface area contributed by atoms with Crippen LogP contribution in [0.25, 0.3) is 5.57 Å². The Morgan fingerprint density at radius 2 is 2.12 bits per heavy atom. The summed E-state index contributed by atoms with van der Waals surface area (Å²) in [5, 5.41) is 9.68. The number of carbonyl (C=O) groups is 1. The summed E-state index contributed by atoms with van der Waals surface area (Å²) in [6.45, 7) is 0. The highest BCUT2D eigenvalue weighted by molar-refractivity contribution is 6.31. The number of benzene rings is 1. The van der Waals surface area contributed by atoms with E-state index in [4.69, 9.17) is 16.3 Å². The van der Waals surface area contributed by atoms with Crippen molar-refractivity contribution in [2.45, 2.75) is 0 Å². The molecule has 1 rings (SSSR count). The number of methoxy groups -OCH3 is 1. The van der Waals surface area contributed by atoms with Gasteiger partial charge in [0, 0.05) is 30.9 Å². The number of ether oxygens (including phenoxy) is 1. The Hall–Kier alpha value is -1.68. The zero-order chi connectivity index (χ0) is 13.0. The van der Waals surface area contributed by atoms with Crippen LogP contribution in [0.5, 0.6) is 5.75 Å². The molecule has 0 heterocycles. The molecule has 0 amide bonds. The summed E-state index contributed by atoms with van der Waals surface area (Å²) in [5.41, 5.74) is 0.654. The molecular formula is C12H14ClNO3. The van der Waals surface area contributed by atoms with Crippen LogP contribution in [0.2, 0.25) is 5.02 Å². The van der Waals surface area contributed by atoms with E-state index in [1.54, 1.807) is 37.2 Å². The molecule has 0 unspecified atom stereocenters. The molecule has 5 heteroatoms. The summed E-state index contributed by atoms with van der Waals surface area (Å²) in [6.07, 6.45) is 1.52. The molecule has 92 valence electrons. The fourth-order valence-corrected chi connectivity index (χ4v) is 1.55. The maximum atomic E-state index is 11.2. The number of hydrogen-bond acceptors (Lipinski definition) is 3. The topological polar surface area (TPSA) is 49.8 Å². The number of halogens is 1. The zero-order valence-corrected chi connectivity index (χ0v) is 10.7. The average Bonchev–Trinajstić information content (AvgIpc) is 2.25. The van der Waals surface area contributed by atoms with E-state index in [1.807, 2.05) is 0 Å². The third kappa shape index (κ3) is 3.39. The minimum absolute atomic E-state index is 0.156. The van der Waals surface area contributed by atoms with Gasteiger partial charge in [-0.05, 0) is 18.2 Å². The van der Waals surface area contributed by atoms with Crippen molar-refractivity contribution in [1.82, 2.24) is 4.90 Å². The lowest BCUT2D eigenvalue weighted by Crippen LogP contribution is -2.09. The van der Waals surface area contributed by atoms with E-state index in [2.05, 4.69) is 0 Å².